The minimum absolute atomic E-state index is 0.0733. The first-order chi connectivity index (χ1) is 9.88. The SMILES string of the molecule is CC(C)(C)OC(=O)N1CC2CC2(C#Cc2ncccn2)C1. The molecule has 1 saturated heterocycles. The molecule has 0 bridgehead atoms. The Morgan fingerprint density at radius 2 is 2.14 bits per heavy atom. The van der Waals surface area contributed by atoms with Gasteiger partial charge in [-0.1, -0.05) is 5.92 Å². The van der Waals surface area contributed by atoms with Crippen LogP contribution in [0.5, 0.6) is 0 Å². The average molecular weight is 285 g/mol. The number of carbonyl (C=O) groups is 1. The summed E-state index contributed by atoms with van der Waals surface area (Å²) in [5, 5.41) is 0. The standard InChI is InChI=1S/C16H19N3O2/c1-15(2,3)21-14(20)19-10-12-9-16(12,11-19)6-5-13-17-7-4-8-18-13/h4,7-8,12H,9-11H2,1-3H3. The molecule has 1 aliphatic carbocycles. The van der Waals surface area contributed by atoms with Crippen LogP contribution < -0.4 is 0 Å². The Morgan fingerprint density at radius 1 is 1.43 bits per heavy atom. The molecule has 2 aliphatic rings. The Morgan fingerprint density at radius 3 is 2.81 bits per heavy atom. The van der Waals surface area contributed by atoms with E-state index in [1.807, 2.05) is 20.8 Å². The van der Waals surface area contributed by atoms with Gasteiger partial charge in [-0.05, 0) is 45.1 Å². The van der Waals surface area contributed by atoms with Crippen LogP contribution in [-0.4, -0.2) is 39.7 Å². The van der Waals surface area contributed by atoms with Crippen molar-refractivity contribution in [3.63, 3.8) is 0 Å². The van der Waals surface area contributed by atoms with Gasteiger partial charge in [-0.2, -0.15) is 0 Å². The second kappa shape index (κ2) is 4.73. The van der Waals surface area contributed by atoms with E-state index in [1.54, 1.807) is 23.4 Å². The number of likely N-dealkylation sites (tertiary alicyclic amines) is 1. The van der Waals surface area contributed by atoms with Crippen molar-refractivity contribution < 1.29 is 9.53 Å². The van der Waals surface area contributed by atoms with Gasteiger partial charge in [0.05, 0.1) is 5.41 Å². The minimum atomic E-state index is -0.458. The molecule has 21 heavy (non-hydrogen) atoms. The second-order valence-corrected chi connectivity index (χ2v) is 6.74. The highest BCUT2D eigenvalue weighted by Gasteiger charge is 2.60. The average Bonchev–Trinajstić information content (AvgIpc) is 2.97. The third kappa shape index (κ3) is 2.99. The molecule has 0 N–H and O–H groups in total. The Kier molecular flexibility index (Phi) is 3.12. The molecule has 1 saturated carbocycles. The first-order valence-electron chi connectivity index (χ1n) is 7.16. The monoisotopic (exact) mass is 285 g/mol. The van der Waals surface area contributed by atoms with E-state index in [1.165, 1.54) is 0 Å². The van der Waals surface area contributed by atoms with E-state index >= 15 is 0 Å². The van der Waals surface area contributed by atoms with Crippen molar-refractivity contribution in [3.05, 3.63) is 24.3 Å². The summed E-state index contributed by atoms with van der Waals surface area (Å²) in [7, 11) is 0. The zero-order valence-corrected chi connectivity index (χ0v) is 12.6. The van der Waals surface area contributed by atoms with Gasteiger partial charge in [-0.3, -0.25) is 0 Å². The molecule has 0 radical (unpaired) electrons. The summed E-state index contributed by atoms with van der Waals surface area (Å²) in [6.45, 7) is 7.02. The minimum Gasteiger partial charge on any atom is -0.444 e. The van der Waals surface area contributed by atoms with Gasteiger partial charge in [0.1, 0.15) is 5.60 Å². The van der Waals surface area contributed by atoms with Crippen LogP contribution in [0.2, 0.25) is 0 Å². The number of aromatic nitrogens is 2. The first kappa shape index (κ1) is 13.9. The number of piperidine rings is 1. The summed E-state index contributed by atoms with van der Waals surface area (Å²) >= 11 is 0. The number of fused-ring (bicyclic) bond motifs is 1. The van der Waals surface area contributed by atoms with Crippen LogP contribution in [0.25, 0.3) is 0 Å². The zero-order chi connectivity index (χ0) is 15.1. The fourth-order valence-electron chi connectivity index (χ4n) is 2.69. The molecule has 2 fully saturated rings. The summed E-state index contributed by atoms with van der Waals surface area (Å²) in [4.78, 5) is 22.0. The molecule has 2 heterocycles. The smallest absolute Gasteiger partial charge is 0.410 e. The van der Waals surface area contributed by atoms with Crippen LogP contribution in [0.15, 0.2) is 18.5 Å². The van der Waals surface area contributed by atoms with Crippen molar-refractivity contribution in [2.45, 2.75) is 32.8 Å². The number of hydrogen-bond acceptors (Lipinski definition) is 4. The van der Waals surface area contributed by atoms with Crippen molar-refractivity contribution in [2.24, 2.45) is 11.3 Å². The molecule has 110 valence electrons. The van der Waals surface area contributed by atoms with E-state index in [0.717, 1.165) is 13.0 Å². The highest BCUT2D eigenvalue weighted by atomic mass is 16.6. The van der Waals surface area contributed by atoms with Gasteiger partial charge in [0.25, 0.3) is 0 Å². The quantitative estimate of drug-likeness (QED) is 0.685. The molecule has 5 heteroatoms. The molecule has 2 atom stereocenters. The molecular weight excluding hydrogens is 266 g/mol. The van der Waals surface area contributed by atoms with Crippen LogP contribution in [0.1, 0.15) is 33.0 Å². The van der Waals surface area contributed by atoms with Crippen LogP contribution in [0.3, 0.4) is 0 Å². The van der Waals surface area contributed by atoms with E-state index in [9.17, 15) is 4.79 Å². The maximum absolute atomic E-state index is 12.1. The summed E-state index contributed by atoms with van der Waals surface area (Å²) < 4.78 is 5.41. The molecular formula is C16H19N3O2. The van der Waals surface area contributed by atoms with Crippen molar-refractivity contribution >= 4 is 6.09 Å². The fraction of sp³-hybridized carbons (Fsp3) is 0.562. The summed E-state index contributed by atoms with van der Waals surface area (Å²) in [5.74, 6) is 7.29. The molecule has 3 rings (SSSR count). The Balaban J connectivity index is 1.65. The molecule has 1 aliphatic heterocycles. The van der Waals surface area contributed by atoms with E-state index in [4.69, 9.17) is 4.74 Å². The third-order valence-corrected chi connectivity index (χ3v) is 3.79. The van der Waals surface area contributed by atoms with Crippen LogP contribution in [0, 0.1) is 23.2 Å². The number of ether oxygens (including phenoxy) is 1. The summed E-state index contributed by atoms with van der Waals surface area (Å²) in [6.07, 6.45) is 4.17. The second-order valence-electron chi connectivity index (χ2n) is 6.74. The van der Waals surface area contributed by atoms with Gasteiger partial charge in [0.15, 0.2) is 0 Å². The summed E-state index contributed by atoms with van der Waals surface area (Å²) in [6, 6.07) is 1.77. The topological polar surface area (TPSA) is 55.3 Å². The molecule has 0 spiro atoms. The van der Waals surface area contributed by atoms with Gasteiger partial charge in [0.2, 0.25) is 5.82 Å². The van der Waals surface area contributed by atoms with Gasteiger partial charge in [-0.15, -0.1) is 0 Å². The molecule has 2 unspecified atom stereocenters. The van der Waals surface area contributed by atoms with E-state index < -0.39 is 5.60 Å². The highest BCUT2D eigenvalue weighted by molar-refractivity contribution is 5.69. The largest absolute Gasteiger partial charge is 0.444 e. The predicted molar refractivity (Wildman–Crippen MR) is 77.3 cm³/mol. The maximum atomic E-state index is 12.1. The van der Waals surface area contributed by atoms with Gasteiger partial charge >= 0.3 is 6.09 Å². The van der Waals surface area contributed by atoms with Gasteiger partial charge in [0, 0.05) is 25.5 Å². The molecule has 1 aromatic heterocycles. The summed E-state index contributed by atoms with van der Waals surface area (Å²) in [5.41, 5.74) is -0.531. The lowest BCUT2D eigenvalue weighted by molar-refractivity contribution is 0.0268. The predicted octanol–water partition coefficient (Wildman–Crippen LogP) is 2.09. The van der Waals surface area contributed by atoms with E-state index in [-0.39, 0.29) is 11.5 Å². The Bertz CT molecular complexity index is 612. The molecule has 1 amide bonds. The normalized spacial score (nSPS) is 26.6. The fourth-order valence-corrected chi connectivity index (χ4v) is 2.69. The van der Waals surface area contributed by atoms with Gasteiger partial charge in [-0.25, -0.2) is 14.8 Å². The maximum Gasteiger partial charge on any atom is 0.410 e. The van der Waals surface area contributed by atoms with Crippen LogP contribution >= 0.6 is 0 Å². The number of hydrogen-bond donors (Lipinski definition) is 0. The number of amides is 1. The van der Waals surface area contributed by atoms with Crippen molar-refractivity contribution in [1.29, 1.82) is 0 Å². The third-order valence-electron chi connectivity index (χ3n) is 3.79. The zero-order valence-electron chi connectivity index (χ0n) is 12.6. The van der Waals surface area contributed by atoms with E-state index in [2.05, 4.69) is 21.8 Å². The number of nitrogens with zero attached hydrogens (tertiary/aromatic N) is 3. The van der Waals surface area contributed by atoms with Crippen molar-refractivity contribution in [3.8, 4) is 11.8 Å². The van der Waals surface area contributed by atoms with Gasteiger partial charge < -0.3 is 9.64 Å². The lowest BCUT2D eigenvalue weighted by Gasteiger charge is -2.25. The Labute approximate surface area is 124 Å². The molecule has 1 aromatic rings. The van der Waals surface area contributed by atoms with Crippen molar-refractivity contribution in [1.82, 2.24) is 14.9 Å². The molecule has 5 nitrogen and oxygen atoms in total. The first-order valence-corrected chi connectivity index (χ1v) is 7.16. The number of rotatable bonds is 0. The van der Waals surface area contributed by atoms with E-state index in [0.29, 0.717) is 18.3 Å². The van der Waals surface area contributed by atoms with Crippen LogP contribution in [0.4, 0.5) is 4.79 Å². The lowest BCUT2D eigenvalue weighted by Crippen LogP contribution is -2.37. The Hall–Kier alpha value is -2.09. The number of carbonyl (C=O) groups excluding carboxylic acids is 1. The highest BCUT2D eigenvalue weighted by Crippen LogP contribution is 2.57. The van der Waals surface area contributed by atoms with Crippen LogP contribution in [-0.2, 0) is 4.74 Å². The molecule has 0 aromatic carbocycles. The lowest BCUT2D eigenvalue weighted by atomic mass is 10.1. The van der Waals surface area contributed by atoms with Crippen molar-refractivity contribution in [2.75, 3.05) is 13.1 Å².